The number of rotatable bonds is 3. The Labute approximate surface area is 126 Å². The molecule has 0 aliphatic carbocycles. The van der Waals surface area contributed by atoms with Gasteiger partial charge < -0.3 is 15.5 Å². The smallest absolute Gasteiger partial charge is 0.135 e. The topological polar surface area (TPSA) is 45.4 Å². The van der Waals surface area contributed by atoms with E-state index in [1.54, 1.807) is 0 Å². The van der Waals surface area contributed by atoms with Gasteiger partial charge in [0.15, 0.2) is 0 Å². The van der Waals surface area contributed by atoms with Crippen molar-refractivity contribution >= 4 is 17.2 Å². The third-order valence-electron chi connectivity index (χ3n) is 4.04. The van der Waals surface area contributed by atoms with Gasteiger partial charge in [-0.3, -0.25) is 0 Å². The lowest BCUT2D eigenvalue weighted by atomic mass is 10.1. The standard InChI is InChI=1S/C17H22N4/c1-13-11-14(7-8-18)12-19-17(13)21-10-9-20(2)15-5-3-4-6-16(15)21/h3-6,11-12H,7-10,18H2,1-2H3. The minimum Gasteiger partial charge on any atom is -0.371 e. The Morgan fingerprint density at radius 2 is 1.95 bits per heavy atom. The first-order valence-electron chi connectivity index (χ1n) is 7.44. The van der Waals surface area contributed by atoms with E-state index in [9.17, 15) is 0 Å². The molecule has 2 aromatic rings. The van der Waals surface area contributed by atoms with Crippen molar-refractivity contribution in [1.82, 2.24) is 4.98 Å². The lowest BCUT2D eigenvalue weighted by molar-refractivity contribution is 0.809. The lowest BCUT2D eigenvalue weighted by Gasteiger charge is -2.37. The van der Waals surface area contributed by atoms with Gasteiger partial charge in [0, 0.05) is 26.3 Å². The number of fused-ring (bicyclic) bond motifs is 1. The molecule has 1 aromatic carbocycles. The van der Waals surface area contributed by atoms with Crippen molar-refractivity contribution in [3.8, 4) is 0 Å². The van der Waals surface area contributed by atoms with Crippen LogP contribution < -0.4 is 15.5 Å². The highest BCUT2D eigenvalue weighted by molar-refractivity contribution is 5.78. The van der Waals surface area contributed by atoms with Crippen LogP contribution in [0.4, 0.5) is 17.2 Å². The molecule has 0 radical (unpaired) electrons. The van der Waals surface area contributed by atoms with Crippen LogP contribution in [0.3, 0.4) is 0 Å². The summed E-state index contributed by atoms with van der Waals surface area (Å²) in [5, 5.41) is 0. The van der Waals surface area contributed by atoms with Gasteiger partial charge in [-0.2, -0.15) is 0 Å². The molecule has 0 saturated carbocycles. The second-order valence-corrected chi connectivity index (χ2v) is 5.58. The number of aromatic nitrogens is 1. The Bertz CT molecular complexity index is 638. The van der Waals surface area contributed by atoms with Crippen molar-refractivity contribution in [1.29, 1.82) is 0 Å². The van der Waals surface area contributed by atoms with Crippen LogP contribution in [-0.2, 0) is 6.42 Å². The number of para-hydroxylation sites is 2. The number of nitrogens with two attached hydrogens (primary N) is 1. The zero-order valence-electron chi connectivity index (χ0n) is 12.7. The molecule has 3 rings (SSSR count). The van der Waals surface area contributed by atoms with Crippen LogP contribution in [0.25, 0.3) is 0 Å². The number of pyridine rings is 1. The van der Waals surface area contributed by atoms with Gasteiger partial charge in [-0.05, 0) is 43.1 Å². The van der Waals surface area contributed by atoms with E-state index in [-0.39, 0.29) is 0 Å². The quantitative estimate of drug-likeness (QED) is 0.939. The minimum absolute atomic E-state index is 0.664. The number of aryl methyl sites for hydroxylation is 1. The maximum absolute atomic E-state index is 5.63. The third-order valence-corrected chi connectivity index (χ3v) is 4.04. The van der Waals surface area contributed by atoms with E-state index in [0.717, 1.165) is 25.3 Å². The average molecular weight is 282 g/mol. The first kappa shape index (κ1) is 13.9. The molecule has 0 unspecified atom stereocenters. The highest BCUT2D eigenvalue weighted by Gasteiger charge is 2.22. The molecule has 0 fully saturated rings. The molecule has 1 aliphatic heterocycles. The van der Waals surface area contributed by atoms with Crippen LogP contribution in [0.15, 0.2) is 36.5 Å². The molecule has 2 heterocycles. The summed E-state index contributed by atoms with van der Waals surface area (Å²) in [6, 6.07) is 10.7. The highest BCUT2D eigenvalue weighted by atomic mass is 15.3. The van der Waals surface area contributed by atoms with Crippen LogP contribution in [0, 0.1) is 6.92 Å². The molecule has 0 bridgehead atoms. The summed E-state index contributed by atoms with van der Waals surface area (Å²) >= 11 is 0. The molecule has 21 heavy (non-hydrogen) atoms. The third kappa shape index (κ3) is 2.59. The van der Waals surface area contributed by atoms with Crippen molar-refractivity contribution in [3.63, 3.8) is 0 Å². The number of hydrogen-bond donors (Lipinski definition) is 1. The molecule has 1 aromatic heterocycles. The summed E-state index contributed by atoms with van der Waals surface area (Å²) in [4.78, 5) is 9.31. The van der Waals surface area contributed by atoms with E-state index in [4.69, 9.17) is 10.7 Å². The SMILES string of the molecule is Cc1cc(CCN)cnc1N1CCN(C)c2ccccc21. The maximum Gasteiger partial charge on any atom is 0.135 e. The minimum atomic E-state index is 0.664. The van der Waals surface area contributed by atoms with E-state index >= 15 is 0 Å². The van der Waals surface area contributed by atoms with Crippen molar-refractivity contribution in [2.75, 3.05) is 36.5 Å². The molecule has 0 amide bonds. The van der Waals surface area contributed by atoms with Gasteiger partial charge in [0.2, 0.25) is 0 Å². The van der Waals surface area contributed by atoms with Gasteiger partial charge in [-0.15, -0.1) is 0 Å². The van der Waals surface area contributed by atoms with Gasteiger partial charge >= 0.3 is 0 Å². The summed E-state index contributed by atoms with van der Waals surface area (Å²) < 4.78 is 0. The summed E-state index contributed by atoms with van der Waals surface area (Å²) in [5.74, 6) is 1.05. The van der Waals surface area contributed by atoms with E-state index in [2.05, 4.69) is 54.1 Å². The van der Waals surface area contributed by atoms with Gasteiger partial charge in [0.25, 0.3) is 0 Å². The second kappa shape index (κ2) is 5.74. The van der Waals surface area contributed by atoms with Crippen molar-refractivity contribution in [2.45, 2.75) is 13.3 Å². The van der Waals surface area contributed by atoms with Gasteiger partial charge in [-0.25, -0.2) is 4.98 Å². The number of likely N-dealkylation sites (N-methyl/N-ethyl adjacent to an activating group) is 1. The second-order valence-electron chi connectivity index (χ2n) is 5.58. The molecule has 0 spiro atoms. The maximum atomic E-state index is 5.63. The number of anilines is 3. The fraction of sp³-hybridized carbons (Fsp3) is 0.353. The molecular weight excluding hydrogens is 260 g/mol. The molecule has 4 heteroatoms. The van der Waals surface area contributed by atoms with Gasteiger partial charge in [-0.1, -0.05) is 18.2 Å². The Balaban J connectivity index is 2.00. The Morgan fingerprint density at radius 1 is 1.19 bits per heavy atom. The fourth-order valence-electron chi connectivity index (χ4n) is 2.94. The van der Waals surface area contributed by atoms with E-state index in [0.29, 0.717) is 6.54 Å². The summed E-state index contributed by atoms with van der Waals surface area (Å²) in [6.07, 6.45) is 2.84. The first-order chi connectivity index (χ1) is 10.2. The Hall–Kier alpha value is -2.07. The summed E-state index contributed by atoms with van der Waals surface area (Å²) in [7, 11) is 2.14. The number of hydrogen-bond acceptors (Lipinski definition) is 4. The van der Waals surface area contributed by atoms with Crippen LogP contribution >= 0.6 is 0 Å². The molecule has 0 saturated heterocycles. The monoisotopic (exact) mass is 282 g/mol. The van der Waals surface area contributed by atoms with Crippen LogP contribution in [0.5, 0.6) is 0 Å². The van der Waals surface area contributed by atoms with Crippen LogP contribution in [-0.4, -0.2) is 31.7 Å². The largest absolute Gasteiger partial charge is 0.371 e. The first-order valence-corrected chi connectivity index (χ1v) is 7.44. The molecule has 110 valence electrons. The fourth-order valence-corrected chi connectivity index (χ4v) is 2.94. The number of nitrogens with zero attached hydrogens (tertiary/aromatic N) is 3. The van der Waals surface area contributed by atoms with Crippen molar-refractivity contribution in [3.05, 3.63) is 47.7 Å². The van der Waals surface area contributed by atoms with Crippen LogP contribution in [0.2, 0.25) is 0 Å². The van der Waals surface area contributed by atoms with E-state index in [1.165, 1.54) is 22.5 Å². The normalized spacial score (nSPS) is 14.2. The summed E-state index contributed by atoms with van der Waals surface area (Å²) in [6.45, 7) is 4.75. The average Bonchev–Trinajstić information content (AvgIpc) is 2.49. The number of benzene rings is 1. The van der Waals surface area contributed by atoms with Gasteiger partial charge in [0.1, 0.15) is 5.82 Å². The van der Waals surface area contributed by atoms with Gasteiger partial charge in [0.05, 0.1) is 11.4 Å². The van der Waals surface area contributed by atoms with Crippen molar-refractivity contribution in [2.24, 2.45) is 5.73 Å². The Morgan fingerprint density at radius 3 is 2.67 bits per heavy atom. The lowest BCUT2D eigenvalue weighted by Crippen LogP contribution is -2.37. The zero-order valence-corrected chi connectivity index (χ0v) is 12.7. The molecule has 2 N–H and O–H groups in total. The predicted molar refractivity (Wildman–Crippen MR) is 88.5 cm³/mol. The summed E-state index contributed by atoms with van der Waals surface area (Å²) in [5.41, 5.74) is 10.5. The molecular formula is C17H22N4. The molecule has 4 nitrogen and oxygen atoms in total. The van der Waals surface area contributed by atoms with E-state index in [1.807, 2.05) is 6.20 Å². The van der Waals surface area contributed by atoms with E-state index < -0.39 is 0 Å². The predicted octanol–water partition coefficient (Wildman–Crippen LogP) is 2.48. The molecule has 0 atom stereocenters. The highest BCUT2D eigenvalue weighted by Crippen LogP contribution is 2.37. The molecule has 1 aliphatic rings. The van der Waals surface area contributed by atoms with Crippen LogP contribution in [0.1, 0.15) is 11.1 Å². The zero-order chi connectivity index (χ0) is 14.8. The Kier molecular flexibility index (Phi) is 3.80. The van der Waals surface area contributed by atoms with Crippen molar-refractivity contribution < 1.29 is 0 Å².